The van der Waals surface area contributed by atoms with E-state index in [9.17, 15) is 19.8 Å². The maximum Gasteiger partial charge on any atom is 0.251 e. The van der Waals surface area contributed by atoms with Gasteiger partial charge in [-0.25, -0.2) is 0 Å². The van der Waals surface area contributed by atoms with Crippen LogP contribution >= 0.6 is 11.6 Å². The zero-order chi connectivity index (χ0) is 37.3. The molecule has 3 aromatic carbocycles. The van der Waals surface area contributed by atoms with Gasteiger partial charge >= 0.3 is 0 Å². The zero-order valence-electron chi connectivity index (χ0n) is 31.0. The third-order valence-electron chi connectivity index (χ3n) is 12.1. The lowest BCUT2D eigenvalue weighted by atomic mass is 9.45. The lowest BCUT2D eigenvalue weighted by molar-refractivity contribution is -0.183. The van der Waals surface area contributed by atoms with Crippen LogP contribution in [0.4, 0.5) is 5.69 Å². The molecule has 0 spiro atoms. The number of amides is 2. The molecule has 1 aliphatic heterocycles. The third kappa shape index (κ3) is 7.54. The van der Waals surface area contributed by atoms with Crippen molar-refractivity contribution in [2.45, 2.75) is 77.8 Å². The average molecular weight is 733 g/mol. The first-order valence-corrected chi connectivity index (χ1v) is 18.8. The zero-order valence-corrected chi connectivity index (χ0v) is 31.7. The highest BCUT2D eigenvalue weighted by Gasteiger charge is 2.57. The van der Waals surface area contributed by atoms with Gasteiger partial charge in [0.25, 0.3) is 5.91 Å². The maximum absolute atomic E-state index is 14.2. The van der Waals surface area contributed by atoms with Crippen molar-refractivity contribution in [2.75, 3.05) is 32.6 Å². The Hall–Kier alpha value is -3.67. The normalized spacial score (nSPS) is 27.0. The predicted octanol–water partition coefficient (Wildman–Crippen LogP) is 5.69. The summed E-state index contributed by atoms with van der Waals surface area (Å²) >= 11 is 6.77. The standard InChI is InChI=1S/C41H53ClN4O6/c1-23-33-18-29(41(33,3)4)19-34(23)45-40(50)37-36(24(2)48)35(22-47)52-46(37)21-28-15-30(42)20-32(38(28)51-6)26-14-27(17-31(16-26)43-5)39(49)44-13-12-25-10-8-7-9-11-25/h7-11,14-17,20,23-24,29,33-37,43,47-48H,12-13,18-19,21-22H2,1-6H3,(H,44,49)(H,45,50)/t23-,24-,29+,33-,34-,35-,36+,37-/m0/s1. The van der Waals surface area contributed by atoms with Crippen LogP contribution in [0.25, 0.3) is 11.1 Å². The second kappa shape index (κ2) is 15.7. The van der Waals surface area contributed by atoms with Gasteiger partial charge in [-0.3, -0.25) is 14.4 Å². The average Bonchev–Trinajstić information content (AvgIpc) is 3.50. The molecule has 3 aromatic rings. The van der Waals surface area contributed by atoms with Gasteiger partial charge in [0.05, 0.1) is 26.4 Å². The number of fused-ring (bicyclic) bond motifs is 2. The van der Waals surface area contributed by atoms with Gasteiger partial charge < -0.3 is 30.9 Å². The summed E-state index contributed by atoms with van der Waals surface area (Å²) in [6.07, 6.45) is 1.10. The Morgan fingerprint density at radius 2 is 1.87 bits per heavy atom. The van der Waals surface area contributed by atoms with Crippen LogP contribution in [0.15, 0.2) is 60.7 Å². The lowest BCUT2D eigenvalue weighted by Gasteiger charge is -2.62. The molecule has 10 nitrogen and oxygen atoms in total. The van der Waals surface area contributed by atoms with E-state index in [0.29, 0.717) is 63.7 Å². The largest absolute Gasteiger partial charge is 0.496 e. The van der Waals surface area contributed by atoms with Crippen LogP contribution in [0.2, 0.25) is 5.02 Å². The van der Waals surface area contributed by atoms with Gasteiger partial charge in [-0.2, -0.15) is 5.06 Å². The highest BCUT2D eigenvalue weighted by molar-refractivity contribution is 6.31. The molecule has 5 N–H and O–H groups in total. The summed E-state index contributed by atoms with van der Waals surface area (Å²) in [6, 6.07) is 18.2. The Morgan fingerprint density at radius 1 is 1.12 bits per heavy atom. The highest BCUT2D eigenvalue weighted by atomic mass is 35.5. The molecule has 3 aliphatic carbocycles. The van der Waals surface area contributed by atoms with Crippen molar-refractivity contribution in [3.05, 3.63) is 82.4 Å². The van der Waals surface area contributed by atoms with Crippen LogP contribution in [-0.2, 0) is 22.6 Å². The van der Waals surface area contributed by atoms with Gasteiger partial charge in [0, 0.05) is 53.0 Å². The SMILES string of the molecule is CNc1cc(C(=O)NCCc2ccccc2)cc(-c2cc(Cl)cc(CN3O[C@@H](CO)[C@@H]([C@H](C)O)[C@H]3C(=O)N[C@H]3C[C@H]4C[C@@H]([C@@H]3C)C4(C)C)c2OC)c1. The number of ether oxygens (including phenoxy) is 1. The first kappa shape index (κ1) is 38.1. The van der Waals surface area contributed by atoms with Crippen molar-refractivity contribution in [3.63, 3.8) is 0 Å². The van der Waals surface area contributed by atoms with Crippen LogP contribution in [0.3, 0.4) is 0 Å². The Morgan fingerprint density at radius 3 is 2.50 bits per heavy atom. The number of aliphatic hydroxyl groups excluding tert-OH is 2. The molecule has 7 rings (SSSR count). The molecule has 52 heavy (non-hydrogen) atoms. The minimum absolute atomic E-state index is 0.0189. The minimum Gasteiger partial charge on any atom is -0.496 e. The molecule has 11 heteroatoms. The van der Waals surface area contributed by atoms with E-state index in [0.717, 1.165) is 17.7 Å². The van der Waals surface area contributed by atoms with E-state index in [2.05, 4.69) is 36.7 Å². The summed E-state index contributed by atoms with van der Waals surface area (Å²) < 4.78 is 6.02. The Kier molecular flexibility index (Phi) is 11.5. The number of nitrogens with one attached hydrogen (secondary N) is 3. The molecule has 0 radical (unpaired) electrons. The molecule has 280 valence electrons. The fraction of sp³-hybridized carbons (Fsp3) is 0.512. The summed E-state index contributed by atoms with van der Waals surface area (Å²) in [4.78, 5) is 33.8. The molecule has 2 bridgehead atoms. The van der Waals surface area contributed by atoms with Crippen LogP contribution in [-0.4, -0.2) is 78.7 Å². The maximum atomic E-state index is 14.2. The van der Waals surface area contributed by atoms with Gasteiger partial charge in [-0.1, -0.05) is 62.7 Å². The summed E-state index contributed by atoms with van der Waals surface area (Å²) in [7, 11) is 3.36. The van der Waals surface area contributed by atoms with Crippen LogP contribution in [0.5, 0.6) is 5.75 Å². The number of carbonyl (C=O) groups excluding carboxylic acids is 2. The third-order valence-corrected chi connectivity index (χ3v) is 12.3. The number of halogens is 1. The number of hydroxylamine groups is 2. The number of methoxy groups -OCH3 is 1. The Labute approximate surface area is 312 Å². The second-order valence-corrected chi connectivity index (χ2v) is 15.9. The molecule has 4 fully saturated rings. The van der Waals surface area contributed by atoms with Crippen molar-refractivity contribution in [1.29, 1.82) is 0 Å². The number of carbonyl (C=O) groups is 2. The second-order valence-electron chi connectivity index (χ2n) is 15.4. The van der Waals surface area contributed by atoms with Crippen LogP contribution in [0.1, 0.15) is 62.0 Å². The summed E-state index contributed by atoms with van der Waals surface area (Å²) in [5.41, 5.74) is 4.62. The first-order valence-electron chi connectivity index (χ1n) is 18.4. The van der Waals surface area contributed by atoms with Crippen LogP contribution < -0.4 is 20.7 Å². The minimum atomic E-state index is -0.924. The van der Waals surface area contributed by atoms with Gasteiger partial charge in [0.1, 0.15) is 17.9 Å². The molecule has 2 amide bonds. The molecular formula is C41H53ClN4O6. The molecule has 1 saturated heterocycles. The highest BCUT2D eigenvalue weighted by Crippen LogP contribution is 2.61. The Balaban J connectivity index is 1.27. The summed E-state index contributed by atoms with van der Waals surface area (Å²) in [5.74, 6) is 0.810. The van der Waals surface area contributed by atoms with E-state index in [4.69, 9.17) is 21.2 Å². The van der Waals surface area contributed by atoms with Crippen molar-refractivity contribution in [1.82, 2.24) is 15.7 Å². The predicted molar refractivity (Wildman–Crippen MR) is 203 cm³/mol. The van der Waals surface area contributed by atoms with E-state index >= 15 is 0 Å². The van der Waals surface area contributed by atoms with E-state index < -0.39 is 24.2 Å². The van der Waals surface area contributed by atoms with E-state index in [-0.39, 0.29) is 36.4 Å². The summed E-state index contributed by atoms with van der Waals surface area (Å²) in [6.45, 7) is 8.71. The van der Waals surface area contributed by atoms with Crippen molar-refractivity contribution >= 4 is 29.1 Å². The number of rotatable bonds is 13. The van der Waals surface area contributed by atoms with E-state index in [1.807, 2.05) is 42.5 Å². The van der Waals surface area contributed by atoms with Crippen molar-refractivity contribution in [3.8, 4) is 16.9 Å². The number of anilines is 1. The van der Waals surface area contributed by atoms with E-state index in [1.165, 1.54) is 6.42 Å². The number of hydrogen-bond donors (Lipinski definition) is 5. The topological polar surface area (TPSA) is 132 Å². The fourth-order valence-corrected chi connectivity index (χ4v) is 9.24. The quantitative estimate of drug-likeness (QED) is 0.152. The lowest BCUT2D eigenvalue weighted by Crippen LogP contribution is -2.62. The number of nitrogens with zero attached hydrogens (tertiary/aromatic N) is 1. The monoisotopic (exact) mass is 732 g/mol. The summed E-state index contributed by atoms with van der Waals surface area (Å²) in [5, 5.41) is 32.7. The van der Waals surface area contributed by atoms with Crippen molar-refractivity contribution in [2.24, 2.45) is 29.1 Å². The van der Waals surface area contributed by atoms with Gasteiger partial charge in [0.2, 0.25) is 5.91 Å². The molecule has 4 aliphatic rings. The molecule has 8 atom stereocenters. The molecule has 3 saturated carbocycles. The van der Waals surface area contributed by atoms with Crippen molar-refractivity contribution < 1.29 is 29.4 Å². The molecule has 0 unspecified atom stereocenters. The molecule has 0 aromatic heterocycles. The van der Waals surface area contributed by atoms with Crippen LogP contribution in [0, 0.1) is 29.1 Å². The first-order chi connectivity index (χ1) is 24.9. The van der Waals surface area contributed by atoms with E-state index in [1.54, 1.807) is 44.3 Å². The van der Waals surface area contributed by atoms with Gasteiger partial charge in [-0.15, -0.1) is 0 Å². The number of aliphatic hydroxyl groups is 2. The molecule has 1 heterocycles. The number of benzene rings is 3. The van der Waals surface area contributed by atoms with Gasteiger partial charge in [0.15, 0.2) is 0 Å². The smallest absolute Gasteiger partial charge is 0.251 e. The Bertz CT molecular complexity index is 1750. The number of hydrogen-bond acceptors (Lipinski definition) is 8. The fourth-order valence-electron chi connectivity index (χ4n) is 9.00. The van der Waals surface area contributed by atoms with Gasteiger partial charge in [-0.05, 0) is 90.8 Å². The molecular weight excluding hydrogens is 680 g/mol.